The zero-order valence-electron chi connectivity index (χ0n) is 9.85. The Morgan fingerprint density at radius 3 is 2.29 bits per heavy atom. The smallest absolute Gasteiger partial charge is 0.327 e. The lowest BCUT2D eigenvalue weighted by atomic mass is 10.1. The maximum atomic E-state index is 11.7. The predicted octanol–water partition coefficient (Wildman–Crippen LogP) is 0.405. The second-order valence-electron chi connectivity index (χ2n) is 4.00. The Labute approximate surface area is 99.5 Å². The monoisotopic (exact) mass is 243 g/mol. The van der Waals surface area contributed by atoms with Crippen molar-refractivity contribution in [3.05, 3.63) is 0 Å². The highest BCUT2D eigenvalue weighted by Crippen LogP contribution is 2.17. The first kappa shape index (κ1) is 13.6. The number of carboxylic acids is 1. The fourth-order valence-corrected chi connectivity index (χ4v) is 1.87. The summed E-state index contributed by atoms with van der Waals surface area (Å²) in [6.45, 7) is 0.202. The van der Waals surface area contributed by atoms with E-state index in [1.54, 1.807) is 0 Å². The van der Waals surface area contributed by atoms with Gasteiger partial charge >= 0.3 is 5.97 Å². The maximum Gasteiger partial charge on any atom is 0.327 e. The van der Waals surface area contributed by atoms with Crippen molar-refractivity contribution in [1.29, 1.82) is 0 Å². The second-order valence-corrected chi connectivity index (χ2v) is 4.00. The number of carboxylic acid groups (broad SMARTS) is 1. The Balaban J connectivity index is 2.84. The van der Waals surface area contributed by atoms with Crippen LogP contribution in [0, 0.1) is 0 Å². The number of likely N-dealkylation sites (tertiary alicyclic amines) is 1. The van der Waals surface area contributed by atoms with Crippen molar-refractivity contribution in [3.63, 3.8) is 0 Å². The van der Waals surface area contributed by atoms with E-state index in [0.717, 1.165) is 4.90 Å². The van der Waals surface area contributed by atoms with Gasteiger partial charge < -0.3 is 9.84 Å². The number of methoxy groups -OCH3 is 1. The van der Waals surface area contributed by atoms with E-state index < -0.39 is 23.8 Å². The van der Waals surface area contributed by atoms with Crippen LogP contribution in [0.3, 0.4) is 0 Å². The molecule has 0 bridgehead atoms. The molecule has 96 valence electrons. The van der Waals surface area contributed by atoms with Gasteiger partial charge in [0, 0.05) is 33.0 Å². The second kappa shape index (κ2) is 6.34. The molecule has 17 heavy (non-hydrogen) atoms. The number of carbonyl (C=O) groups excluding carboxylic acids is 2. The molecule has 0 aliphatic carbocycles. The van der Waals surface area contributed by atoms with E-state index >= 15 is 0 Å². The topological polar surface area (TPSA) is 83.9 Å². The van der Waals surface area contributed by atoms with E-state index in [2.05, 4.69) is 0 Å². The quantitative estimate of drug-likeness (QED) is 0.707. The van der Waals surface area contributed by atoms with Crippen LogP contribution in [0.25, 0.3) is 0 Å². The van der Waals surface area contributed by atoms with Crippen LogP contribution in [-0.4, -0.2) is 47.5 Å². The van der Waals surface area contributed by atoms with Crippen LogP contribution in [-0.2, 0) is 19.1 Å². The molecule has 0 saturated carbocycles. The Kier molecular flexibility index (Phi) is 5.09. The Morgan fingerprint density at radius 1 is 1.35 bits per heavy atom. The number of aliphatic carboxylic acids is 1. The van der Waals surface area contributed by atoms with Crippen molar-refractivity contribution < 1.29 is 24.2 Å². The highest BCUT2D eigenvalue weighted by molar-refractivity contribution is 5.99. The summed E-state index contributed by atoms with van der Waals surface area (Å²) >= 11 is 0. The lowest BCUT2D eigenvalue weighted by molar-refractivity contribution is -0.158. The number of hydrogen-bond donors (Lipinski definition) is 1. The van der Waals surface area contributed by atoms with Gasteiger partial charge in [0.05, 0.1) is 0 Å². The van der Waals surface area contributed by atoms with Crippen molar-refractivity contribution in [1.82, 2.24) is 4.90 Å². The van der Waals surface area contributed by atoms with Crippen molar-refractivity contribution in [3.8, 4) is 0 Å². The normalized spacial score (nSPS) is 19.0. The molecule has 6 nitrogen and oxygen atoms in total. The third kappa shape index (κ3) is 3.52. The Bertz CT molecular complexity index is 297. The molecule has 1 N–H and O–H groups in total. The van der Waals surface area contributed by atoms with Gasteiger partial charge in [0.2, 0.25) is 11.8 Å². The first-order valence-electron chi connectivity index (χ1n) is 5.64. The Hall–Kier alpha value is -1.43. The summed E-state index contributed by atoms with van der Waals surface area (Å²) in [5.74, 6) is -1.95. The number of imide groups is 1. The van der Waals surface area contributed by atoms with Gasteiger partial charge in [0.15, 0.2) is 0 Å². The lowest BCUT2D eigenvalue weighted by Crippen LogP contribution is -2.48. The molecule has 0 aromatic rings. The number of amides is 2. The van der Waals surface area contributed by atoms with Gasteiger partial charge in [0.25, 0.3) is 0 Å². The van der Waals surface area contributed by atoms with Crippen LogP contribution in [0.4, 0.5) is 0 Å². The average molecular weight is 243 g/mol. The predicted molar refractivity (Wildman–Crippen MR) is 58.2 cm³/mol. The van der Waals surface area contributed by atoms with Gasteiger partial charge in [-0.3, -0.25) is 14.5 Å². The molecule has 2 amide bonds. The van der Waals surface area contributed by atoms with Gasteiger partial charge in [-0.05, 0) is 12.8 Å². The van der Waals surface area contributed by atoms with Crippen LogP contribution in [0.2, 0.25) is 0 Å². The molecule has 6 heteroatoms. The van der Waals surface area contributed by atoms with Gasteiger partial charge in [-0.2, -0.15) is 0 Å². The molecule has 1 atom stereocenters. The molecular formula is C11H17NO5. The highest BCUT2D eigenvalue weighted by atomic mass is 16.5. The van der Waals surface area contributed by atoms with E-state index in [9.17, 15) is 14.4 Å². The van der Waals surface area contributed by atoms with Gasteiger partial charge in [-0.25, -0.2) is 4.79 Å². The van der Waals surface area contributed by atoms with Crippen molar-refractivity contribution in [2.75, 3.05) is 13.7 Å². The molecule has 0 aromatic carbocycles. The van der Waals surface area contributed by atoms with E-state index in [1.807, 2.05) is 0 Å². The molecule has 1 saturated heterocycles. The number of nitrogens with zero attached hydrogens (tertiary/aromatic N) is 1. The van der Waals surface area contributed by atoms with Gasteiger partial charge in [-0.15, -0.1) is 0 Å². The van der Waals surface area contributed by atoms with Crippen LogP contribution < -0.4 is 0 Å². The highest BCUT2D eigenvalue weighted by Gasteiger charge is 2.35. The first-order valence-corrected chi connectivity index (χ1v) is 5.64. The molecule has 1 aliphatic heterocycles. The van der Waals surface area contributed by atoms with Crippen molar-refractivity contribution in [2.24, 2.45) is 0 Å². The van der Waals surface area contributed by atoms with Crippen LogP contribution in [0.15, 0.2) is 0 Å². The third-order valence-corrected chi connectivity index (χ3v) is 2.76. The molecule has 0 aromatic heterocycles. The van der Waals surface area contributed by atoms with Crippen molar-refractivity contribution >= 4 is 17.8 Å². The number of ether oxygens (including phenoxy) is 1. The molecular weight excluding hydrogens is 226 g/mol. The number of rotatable bonds is 5. The summed E-state index contributed by atoms with van der Waals surface area (Å²) in [6.07, 6.45) is 1.88. The van der Waals surface area contributed by atoms with Crippen LogP contribution >= 0.6 is 0 Å². The number of hydrogen-bond acceptors (Lipinski definition) is 4. The fourth-order valence-electron chi connectivity index (χ4n) is 1.87. The van der Waals surface area contributed by atoms with Crippen LogP contribution in [0.1, 0.15) is 32.1 Å². The lowest BCUT2D eigenvalue weighted by Gasteiger charge is -2.25. The fraction of sp³-hybridized carbons (Fsp3) is 0.727. The van der Waals surface area contributed by atoms with Crippen molar-refractivity contribution in [2.45, 2.75) is 38.1 Å². The zero-order chi connectivity index (χ0) is 12.8. The molecule has 0 radical (unpaired) electrons. The Morgan fingerprint density at radius 2 is 1.88 bits per heavy atom. The zero-order valence-corrected chi connectivity index (χ0v) is 9.85. The number of carbonyl (C=O) groups is 3. The summed E-state index contributed by atoms with van der Waals surface area (Å²) < 4.78 is 4.80. The molecule has 1 heterocycles. The van der Waals surface area contributed by atoms with Gasteiger partial charge in [0.1, 0.15) is 6.04 Å². The molecule has 1 aliphatic rings. The summed E-state index contributed by atoms with van der Waals surface area (Å²) in [4.78, 5) is 35.5. The van der Waals surface area contributed by atoms with Gasteiger partial charge in [-0.1, -0.05) is 0 Å². The summed E-state index contributed by atoms with van der Waals surface area (Å²) in [6, 6.07) is -1.10. The van der Waals surface area contributed by atoms with E-state index in [0.29, 0.717) is 12.8 Å². The summed E-state index contributed by atoms with van der Waals surface area (Å²) in [5.41, 5.74) is 0. The SMILES string of the molecule is COCCC(C(=O)O)N1C(=O)CCCCC1=O. The van der Waals surface area contributed by atoms with E-state index in [-0.39, 0.29) is 25.9 Å². The first-order chi connectivity index (χ1) is 8.07. The molecule has 1 fully saturated rings. The average Bonchev–Trinajstić information content (AvgIpc) is 2.43. The summed E-state index contributed by atoms with van der Waals surface area (Å²) in [7, 11) is 1.45. The van der Waals surface area contributed by atoms with E-state index in [4.69, 9.17) is 9.84 Å². The molecule has 1 rings (SSSR count). The van der Waals surface area contributed by atoms with E-state index in [1.165, 1.54) is 7.11 Å². The standard InChI is InChI=1S/C11H17NO5/c1-17-7-6-8(11(15)16)12-9(13)4-2-3-5-10(12)14/h8H,2-7H2,1H3,(H,15,16). The van der Waals surface area contributed by atoms with Crippen LogP contribution in [0.5, 0.6) is 0 Å². The molecule has 0 spiro atoms. The minimum atomic E-state index is -1.16. The summed E-state index contributed by atoms with van der Waals surface area (Å²) in [5, 5.41) is 9.08. The minimum Gasteiger partial charge on any atom is -0.480 e. The molecule has 1 unspecified atom stereocenters. The largest absolute Gasteiger partial charge is 0.480 e. The third-order valence-electron chi connectivity index (χ3n) is 2.76. The minimum absolute atomic E-state index is 0.128. The maximum absolute atomic E-state index is 11.7.